The van der Waals surface area contributed by atoms with Crippen LogP contribution in [0.25, 0.3) is 0 Å². The first kappa shape index (κ1) is 10.9. The Morgan fingerprint density at radius 3 is 2.36 bits per heavy atom. The van der Waals surface area contributed by atoms with E-state index < -0.39 is 0 Å². The summed E-state index contributed by atoms with van der Waals surface area (Å²) < 4.78 is 0. The molecule has 0 aliphatic carbocycles. The third-order valence-corrected chi connectivity index (χ3v) is 2.18. The molecule has 2 N–H and O–H groups in total. The van der Waals surface area contributed by atoms with Crippen LogP contribution in [0.3, 0.4) is 0 Å². The van der Waals surface area contributed by atoms with Gasteiger partial charge in [-0.15, -0.1) is 0 Å². The molecule has 0 aromatic heterocycles. The molecule has 0 saturated heterocycles. The number of carbonyl (C=O) groups excluding carboxylic acids is 1. The Hall–Kier alpha value is -1.22. The zero-order chi connectivity index (χ0) is 10.6. The lowest BCUT2D eigenvalue weighted by atomic mass is 10.1. The molecule has 74 valence electrons. The zero-order valence-corrected chi connectivity index (χ0v) is 8.93. The summed E-state index contributed by atoms with van der Waals surface area (Å²) in [5.74, 6) is 0.0952. The van der Waals surface area contributed by atoms with Crippen LogP contribution >= 0.6 is 12.2 Å². The van der Waals surface area contributed by atoms with E-state index in [1.165, 1.54) is 0 Å². The molecule has 0 aliphatic rings. The molecule has 0 aliphatic heterocycles. The number of aryl methyl sites for hydroxylation is 1. The van der Waals surface area contributed by atoms with Gasteiger partial charge in [0.05, 0.1) is 4.99 Å². The first-order valence-electron chi connectivity index (χ1n) is 4.48. The number of rotatable bonds is 4. The molecule has 1 aromatic carbocycles. The summed E-state index contributed by atoms with van der Waals surface area (Å²) in [5.41, 5.74) is 7.20. The Kier molecular flexibility index (Phi) is 3.77. The quantitative estimate of drug-likeness (QED) is 0.608. The number of ketones is 1. The summed E-state index contributed by atoms with van der Waals surface area (Å²) in [4.78, 5) is 11.9. The molecule has 2 nitrogen and oxygen atoms in total. The molecular weight excluding hydrogens is 194 g/mol. The van der Waals surface area contributed by atoms with Gasteiger partial charge in [-0.25, -0.2) is 0 Å². The Labute approximate surface area is 89.1 Å². The van der Waals surface area contributed by atoms with Gasteiger partial charge in [-0.2, -0.15) is 0 Å². The highest BCUT2D eigenvalue weighted by Crippen LogP contribution is 2.07. The largest absolute Gasteiger partial charge is 0.393 e. The van der Waals surface area contributed by atoms with Crippen molar-refractivity contribution in [3.05, 3.63) is 35.4 Å². The highest BCUT2D eigenvalue weighted by molar-refractivity contribution is 7.80. The van der Waals surface area contributed by atoms with Crippen LogP contribution in [-0.4, -0.2) is 10.8 Å². The van der Waals surface area contributed by atoms with Crippen molar-refractivity contribution in [3.63, 3.8) is 0 Å². The van der Waals surface area contributed by atoms with Crippen molar-refractivity contribution >= 4 is 23.0 Å². The summed E-state index contributed by atoms with van der Waals surface area (Å²) in [6.07, 6.45) is 0.889. The van der Waals surface area contributed by atoms with E-state index in [9.17, 15) is 4.79 Å². The molecule has 0 spiro atoms. The van der Waals surface area contributed by atoms with Gasteiger partial charge in [0.15, 0.2) is 5.78 Å². The summed E-state index contributed by atoms with van der Waals surface area (Å²) in [5, 5.41) is 0. The van der Waals surface area contributed by atoms with Crippen molar-refractivity contribution in [3.8, 4) is 0 Å². The first-order valence-corrected chi connectivity index (χ1v) is 4.88. The Balaban J connectivity index is 2.61. The van der Waals surface area contributed by atoms with Crippen LogP contribution in [0.5, 0.6) is 0 Å². The number of thiocarbonyl (C=S) groups is 1. The number of Topliss-reactive ketones (excluding diaryl/α,β-unsaturated/α-hetero) is 1. The van der Waals surface area contributed by atoms with E-state index in [4.69, 9.17) is 18.0 Å². The van der Waals surface area contributed by atoms with E-state index >= 15 is 0 Å². The number of carbonyl (C=O) groups is 1. The molecule has 0 bridgehead atoms. The van der Waals surface area contributed by atoms with Gasteiger partial charge in [0, 0.05) is 18.4 Å². The molecule has 14 heavy (non-hydrogen) atoms. The van der Waals surface area contributed by atoms with Gasteiger partial charge in [0.2, 0.25) is 0 Å². The van der Waals surface area contributed by atoms with Crippen molar-refractivity contribution < 1.29 is 4.79 Å². The summed E-state index contributed by atoms with van der Waals surface area (Å²) in [7, 11) is 0. The molecule has 0 atom stereocenters. The normalized spacial score (nSPS) is 9.79. The van der Waals surface area contributed by atoms with Crippen LogP contribution in [0.15, 0.2) is 24.3 Å². The van der Waals surface area contributed by atoms with E-state index in [1.54, 1.807) is 0 Å². The maximum Gasteiger partial charge on any atom is 0.163 e. The first-order chi connectivity index (χ1) is 6.59. The molecule has 0 saturated carbocycles. The highest BCUT2D eigenvalue weighted by Gasteiger charge is 2.05. The van der Waals surface area contributed by atoms with Crippen molar-refractivity contribution in [2.45, 2.75) is 19.8 Å². The van der Waals surface area contributed by atoms with Crippen molar-refractivity contribution in [1.29, 1.82) is 0 Å². The number of hydrogen-bond donors (Lipinski definition) is 1. The van der Waals surface area contributed by atoms with Gasteiger partial charge < -0.3 is 5.73 Å². The summed E-state index contributed by atoms with van der Waals surface area (Å²) in [6, 6.07) is 7.51. The second kappa shape index (κ2) is 4.86. The third kappa shape index (κ3) is 3.26. The molecule has 0 heterocycles. The van der Waals surface area contributed by atoms with Crippen LogP contribution in [0.4, 0.5) is 0 Å². The molecular formula is C11H13NOS. The minimum atomic E-state index is 0.0952. The van der Waals surface area contributed by atoms with Crippen molar-refractivity contribution in [2.75, 3.05) is 0 Å². The number of hydrogen-bond acceptors (Lipinski definition) is 2. The van der Waals surface area contributed by atoms with Crippen LogP contribution < -0.4 is 5.73 Å². The van der Waals surface area contributed by atoms with Crippen molar-refractivity contribution in [2.24, 2.45) is 5.73 Å². The third-order valence-electron chi connectivity index (χ3n) is 1.97. The van der Waals surface area contributed by atoms with Gasteiger partial charge in [0.1, 0.15) is 0 Å². The van der Waals surface area contributed by atoms with E-state index in [1.807, 2.05) is 31.2 Å². The minimum absolute atomic E-state index is 0.0952. The topological polar surface area (TPSA) is 43.1 Å². The Morgan fingerprint density at radius 1 is 1.29 bits per heavy atom. The van der Waals surface area contributed by atoms with Crippen LogP contribution in [0.1, 0.15) is 28.8 Å². The fraction of sp³-hybridized carbons (Fsp3) is 0.273. The number of nitrogens with two attached hydrogens (primary N) is 1. The minimum Gasteiger partial charge on any atom is -0.393 e. The maximum absolute atomic E-state index is 11.5. The Morgan fingerprint density at radius 2 is 1.86 bits per heavy atom. The SMILES string of the molecule is Cc1ccc(C(=O)CCC(N)=S)cc1. The van der Waals surface area contributed by atoms with Gasteiger partial charge in [-0.1, -0.05) is 42.0 Å². The smallest absolute Gasteiger partial charge is 0.163 e. The molecule has 3 heteroatoms. The van der Waals surface area contributed by atoms with E-state index in [2.05, 4.69) is 0 Å². The predicted molar refractivity (Wildman–Crippen MR) is 61.5 cm³/mol. The Bertz CT molecular complexity index is 343. The average Bonchev–Trinajstić information content (AvgIpc) is 2.15. The van der Waals surface area contributed by atoms with Crippen LogP contribution in [0, 0.1) is 6.92 Å². The molecule has 0 fully saturated rings. The van der Waals surface area contributed by atoms with E-state index in [-0.39, 0.29) is 5.78 Å². The fourth-order valence-corrected chi connectivity index (χ4v) is 1.22. The maximum atomic E-state index is 11.5. The van der Waals surface area contributed by atoms with E-state index in [0.717, 1.165) is 11.1 Å². The lowest BCUT2D eigenvalue weighted by molar-refractivity contribution is 0.0985. The van der Waals surface area contributed by atoms with Gasteiger partial charge in [-0.3, -0.25) is 4.79 Å². The summed E-state index contributed by atoms with van der Waals surface area (Å²) >= 11 is 4.71. The second-order valence-corrected chi connectivity index (χ2v) is 3.78. The zero-order valence-electron chi connectivity index (χ0n) is 8.12. The van der Waals surface area contributed by atoms with Crippen molar-refractivity contribution in [1.82, 2.24) is 0 Å². The van der Waals surface area contributed by atoms with Crippen LogP contribution in [0.2, 0.25) is 0 Å². The second-order valence-electron chi connectivity index (χ2n) is 3.26. The molecule has 1 rings (SSSR count). The molecule has 1 aromatic rings. The van der Waals surface area contributed by atoms with Gasteiger partial charge in [0.25, 0.3) is 0 Å². The summed E-state index contributed by atoms with van der Waals surface area (Å²) in [6.45, 7) is 1.99. The predicted octanol–water partition coefficient (Wildman–Crippen LogP) is 2.24. The lowest BCUT2D eigenvalue weighted by Gasteiger charge is -2.00. The molecule has 0 amide bonds. The van der Waals surface area contributed by atoms with Crippen LogP contribution in [-0.2, 0) is 0 Å². The highest BCUT2D eigenvalue weighted by atomic mass is 32.1. The standard InChI is InChI=1S/C11H13NOS/c1-8-2-4-9(5-3-8)10(13)6-7-11(12)14/h2-5H,6-7H2,1H3,(H2,12,14). The molecule has 0 radical (unpaired) electrons. The number of benzene rings is 1. The lowest BCUT2D eigenvalue weighted by Crippen LogP contribution is -2.10. The van der Waals surface area contributed by atoms with Gasteiger partial charge in [-0.05, 0) is 6.92 Å². The monoisotopic (exact) mass is 207 g/mol. The van der Waals surface area contributed by atoms with E-state index in [0.29, 0.717) is 17.8 Å². The van der Waals surface area contributed by atoms with Gasteiger partial charge >= 0.3 is 0 Å². The fourth-order valence-electron chi connectivity index (χ4n) is 1.12. The molecule has 0 unspecified atom stereocenters. The average molecular weight is 207 g/mol.